The maximum atomic E-state index is 12.4. The average molecular weight is 354 g/mol. The van der Waals surface area contributed by atoms with Gasteiger partial charge in [-0.25, -0.2) is 4.98 Å². The SMILES string of the molecule is CCNc1nc2ccc(C(=O)Nc3ccc(NC(C)=O)cc3)cc2s1. The number of hydrogen-bond donors (Lipinski definition) is 3. The van der Waals surface area contributed by atoms with Gasteiger partial charge < -0.3 is 16.0 Å². The number of anilines is 3. The summed E-state index contributed by atoms with van der Waals surface area (Å²) in [5, 5.41) is 9.57. The molecule has 0 unspecified atom stereocenters. The van der Waals surface area contributed by atoms with Crippen LogP contribution in [0.2, 0.25) is 0 Å². The lowest BCUT2D eigenvalue weighted by Crippen LogP contribution is -2.12. The first-order chi connectivity index (χ1) is 12.0. The van der Waals surface area contributed by atoms with Crippen molar-refractivity contribution in [2.45, 2.75) is 13.8 Å². The maximum absolute atomic E-state index is 12.4. The molecule has 128 valence electrons. The second-order valence-electron chi connectivity index (χ2n) is 5.44. The van der Waals surface area contributed by atoms with E-state index in [1.165, 1.54) is 18.3 Å². The van der Waals surface area contributed by atoms with Gasteiger partial charge >= 0.3 is 0 Å². The average Bonchev–Trinajstić information content (AvgIpc) is 2.98. The molecule has 2 aromatic carbocycles. The molecule has 25 heavy (non-hydrogen) atoms. The van der Waals surface area contributed by atoms with Gasteiger partial charge in [-0.2, -0.15) is 0 Å². The second-order valence-corrected chi connectivity index (χ2v) is 6.48. The van der Waals surface area contributed by atoms with Crippen molar-refractivity contribution in [3.8, 4) is 0 Å². The second kappa shape index (κ2) is 7.31. The summed E-state index contributed by atoms with van der Waals surface area (Å²) < 4.78 is 0.963. The molecule has 0 aliphatic carbocycles. The van der Waals surface area contributed by atoms with Gasteiger partial charge in [0.2, 0.25) is 5.91 Å². The minimum Gasteiger partial charge on any atom is -0.362 e. The third kappa shape index (κ3) is 4.13. The number of hydrogen-bond acceptors (Lipinski definition) is 5. The Balaban J connectivity index is 1.74. The summed E-state index contributed by atoms with van der Waals surface area (Å²) in [6.45, 7) is 4.27. The smallest absolute Gasteiger partial charge is 0.255 e. The van der Waals surface area contributed by atoms with Crippen LogP contribution in [0, 0.1) is 0 Å². The Bertz CT molecular complexity index is 918. The molecule has 0 aliphatic rings. The van der Waals surface area contributed by atoms with Crippen molar-refractivity contribution in [3.63, 3.8) is 0 Å². The van der Waals surface area contributed by atoms with Crippen LogP contribution in [-0.2, 0) is 4.79 Å². The summed E-state index contributed by atoms with van der Waals surface area (Å²) in [7, 11) is 0. The van der Waals surface area contributed by atoms with Crippen molar-refractivity contribution < 1.29 is 9.59 Å². The van der Waals surface area contributed by atoms with Gasteiger partial charge in [-0.15, -0.1) is 0 Å². The monoisotopic (exact) mass is 354 g/mol. The van der Waals surface area contributed by atoms with Crippen LogP contribution in [-0.4, -0.2) is 23.3 Å². The maximum Gasteiger partial charge on any atom is 0.255 e. The van der Waals surface area contributed by atoms with E-state index in [0.29, 0.717) is 16.9 Å². The van der Waals surface area contributed by atoms with Gasteiger partial charge in [0.1, 0.15) is 0 Å². The van der Waals surface area contributed by atoms with E-state index in [1.54, 1.807) is 30.3 Å². The topological polar surface area (TPSA) is 83.1 Å². The number of nitrogens with one attached hydrogen (secondary N) is 3. The molecule has 0 spiro atoms. The Kier molecular flexibility index (Phi) is 4.95. The highest BCUT2D eigenvalue weighted by Crippen LogP contribution is 2.27. The van der Waals surface area contributed by atoms with E-state index in [0.717, 1.165) is 21.9 Å². The van der Waals surface area contributed by atoms with E-state index in [9.17, 15) is 9.59 Å². The molecule has 6 nitrogen and oxygen atoms in total. The highest BCUT2D eigenvalue weighted by Gasteiger charge is 2.10. The fourth-order valence-corrected chi connectivity index (χ4v) is 3.31. The molecule has 2 amide bonds. The zero-order valence-electron chi connectivity index (χ0n) is 13.9. The summed E-state index contributed by atoms with van der Waals surface area (Å²) in [4.78, 5) is 27.9. The van der Waals surface area contributed by atoms with E-state index in [1.807, 2.05) is 19.1 Å². The standard InChI is InChI=1S/C18H18N4O2S/c1-3-19-18-22-15-9-4-12(10-16(15)25-18)17(24)21-14-7-5-13(6-8-14)20-11(2)23/h4-10H,3H2,1-2H3,(H,19,22)(H,20,23)(H,21,24). The zero-order chi connectivity index (χ0) is 17.8. The van der Waals surface area contributed by atoms with Crippen LogP contribution in [0.3, 0.4) is 0 Å². The van der Waals surface area contributed by atoms with E-state index in [-0.39, 0.29) is 11.8 Å². The number of benzene rings is 2. The Morgan fingerprint density at radius 2 is 1.72 bits per heavy atom. The number of rotatable bonds is 5. The van der Waals surface area contributed by atoms with Gasteiger partial charge in [0.15, 0.2) is 5.13 Å². The molecule has 0 saturated heterocycles. The van der Waals surface area contributed by atoms with Crippen LogP contribution in [0.25, 0.3) is 10.2 Å². The summed E-state index contributed by atoms with van der Waals surface area (Å²) in [5.41, 5.74) is 2.80. The van der Waals surface area contributed by atoms with Crippen molar-refractivity contribution in [2.75, 3.05) is 22.5 Å². The van der Waals surface area contributed by atoms with Gasteiger partial charge in [0.05, 0.1) is 10.2 Å². The first-order valence-electron chi connectivity index (χ1n) is 7.88. The molecule has 7 heteroatoms. The summed E-state index contributed by atoms with van der Waals surface area (Å²) in [5.74, 6) is -0.320. The summed E-state index contributed by atoms with van der Waals surface area (Å²) in [6, 6.07) is 12.4. The molecule has 1 heterocycles. The Hall–Kier alpha value is -2.93. The molecule has 0 saturated carbocycles. The van der Waals surface area contributed by atoms with Gasteiger partial charge in [-0.1, -0.05) is 11.3 Å². The summed E-state index contributed by atoms with van der Waals surface area (Å²) >= 11 is 1.52. The minimum atomic E-state index is -0.187. The van der Waals surface area contributed by atoms with Crippen LogP contribution >= 0.6 is 11.3 Å². The van der Waals surface area contributed by atoms with Gasteiger partial charge in [0, 0.05) is 30.4 Å². The lowest BCUT2D eigenvalue weighted by Gasteiger charge is -2.07. The van der Waals surface area contributed by atoms with Gasteiger partial charge in [-0.3, -0.25) is 9.59 Å². The Morgan fingerprint density at radius 3 is 2.36 bits per heavy atom. The van der Waals surface area contributed by atoms with E-state index < -0.39 is 0 Å². The largest absolute Gasteiger partial charge is 0.362 e. The third-order valence-corrected chi connectivity index (χ3v) is 4.42. The predicted octanol–water partition coefficient (Wildman–Crippen LogP) is 3.94. The van der Waals surface area contributed by atoms with Crippen molar-refractivity contribution in [2.24, 2.45) is 0 Å². The highest BCUT2D eigenvalue weighted by molar-refractivity contribution is 7.22. The molecule has 3 rings (SSSR count). The fraction of sp³-hybridized carbons (Fsp3) is 0.167. The summed E-state index contributed by atoms with van der Waals surface area (Å²) in [6.07, 6.45) is 0. The lowest BCUT2D eigenvalue weighted by atomic mass is 10.2. The van der Waals surface area contributed by atoms with Crippen molar-refractivity contribution in [3.05, 3.63) is 48.0 Å². The number of carbonyl (C=O) groups excluding carboxylic acids is 2. The third-order valence-electron chi connectivity index (χ3n) is 3.44. The fourth-order valence-electron chi connectivity index (χ4n) is 2.34. The molecule has 1 aromatic heterocycles. The van der Waals surface area contributed by atoms with Crippen molar-refractivity contribution >= 4 is 49.9 Å². The number of nitrogens with zero attached hydrogens (tertiary/aromatic N) is 1. The quantitative estimate of drug-likeness (QED) is 0.648. The molecule has 3 aromatic rings. The molecule has 3 N–H and O–H groups in total. The molecular formula is C18H18N4O2S. The number of amides is 2. The van der Waals surface area contributed by atoms with Crippen LogP contribution < -0.4 is 16.0 Å². The predicted molar refractivity (Wildman–Crippen MR) is 102 cm³/mol. The van der Waals surface area contributed by atoms with Crippen molar-refractivity contribution in [1.29, 1.82) is 0 Å². The Labute approximate surface area is 149 Å². The van der Waals surface area contributed by atoms with Crippen molar-refractivity contribution in [1.82, 2.24) is 4.98 Å². The van der Waals surface area contributed by atoms with Gasteiger partial charge in [0.25, 0.3) is 5.91 Å². The molecule has 0 atom stereocenters. The number of fused-ring (bicyclic) bond motifs is 1. The number of aromatic nitrogens is 1. The normalized spacial score (nSPS) is 10.5. The zero-order valence-corrected chi connectivity index (χ0v) is 14.7. The molecule has 0 aliphatic heterocycles. The van der Waals surface area contributed by atoms with Crippen LogP contribution in [0.1, 0.15) is 24.2 Å². The molecule has 0 bridgehead atoms. The first kappa shape index (κ1) is 16.9. The Morgan fingerprint density at radius 1 is 1.04 bits per heavy atom. The van der Waals surface area contributed by atoms with Gasteiger partial charge in [-0.05, 0) is 49.4 Å². The van der Waals surface area contributed by atoms with E-state index in [4.69, 9.17) is 0 Å². The molecule has 0 radical (unpaired) electrons. The number of carbonyl (C=O) groups is 2. The van der Waals surface area contributed by atoms with Crippen LogP contribution in [0.5, 0.6) is 0 Å². The van der Waals surface area contributed by atoms with Crippen LogP contribution in [0.15, 0.2) is 42.5 Å². The highest BCUT2D eigenvalue weighted by atomic mass is 32.1. The number of thiazole rings is 1. The minimum absolute atomic E-state index is 0.133. The molecular weight excluding hydrogens is 336 g/mol. The van der Waals surface area contributed by atoms with Crippen LogP contribution in [0.4, 0.5) is 16.5 Å². The van der Waals surface area contributed by atoms with E-state index in [2.05, 4.69) is 20.9 Å². The first-order valence-corrected chi connectivity index (χ1v) is 8.70. The van der Waals surface area contributed by atoms with E-state index >= 15 is 0 Å². The lowest BCUT2D eigenvalue weighted by molar-refractivity contribution is -0.114. The molecule has 0 fully saturated rings.